The largest absolute Gasteiger partial charge is 0.390 e. The first-order valence-corrected chi connectivity index (χ1v) is 5.06. The zero-order valence-electron chi connectivity index (χ0n) is 8.86. The third kappa shape index (κ3) is 3.49. The zero-order valence-corrected chi connectivity index (χ0v) is 8.86. The van der Waals surface area contributed by atoms with Crippen molar-refractivity contribution in [2.45, 2.75) is 13.0 Å². The van der Waals surface area contributed by atoms with Crippen molar-refractivity contribution in [3.05, 3.63) is 30.1 Å². The van der Waals surface area contributed by atoms with Gasteiger partial charge in [0.1, 0.15) is 5.82 Å². The number of benzene rings is 1. The molecule has 1 aromatic carbocycles. The van der Waals surface area contributed by atoms with E-state index in [9.17, 15) is 9.50 Å². The lowest BCUT2D eigenvalue weighted by atomic mass is 10.2. The maximum atomic E-state index is 12.7. The quantitative estimate of drug-likeness (QED) is 0.764. The molecule has 0 saturated carbocycles. The molecule has 0 aromatic heterocycles. The Bertz CT molecular complexity index is 289. The number of aliphatic hydroxyl groups excluding tert-OH is 1. The van der Waals surface area contributed by atoms with Crippen LogP contribution in [0.2, 0.25) is 0 Å². The Labute approximate surface area is 89.3 Å². The first-order chi connectivity index (χ1) is 7.17. The Morgan fingerprint density at radius 3 is 2.47 bits per heavy atom. The van der Waals surface area contributed by atoms with Crippen molar-refractivity contribution in [3.8, 4) is 0 Å². The molecule has 15 heavy (non-hydrogen) atoms. The summed E-state index contributed by atoms with van der Waals surface area (Å²) in [6, 6.07) is 6.21. The highest BCUT2D eigenvalue weighted by Gasteiger charge is 2.09. The van der Waals surface area contributed by atoms with Crippen molar-refractivity contribution in [1.82, 2.24) is 0 Å². The minimum Gasteiger partial charge on any atom is -0.390 e. The fraction of sp³-hybridized carbons (Fsp3) is 0.455. The fourth-order valence-corrected chi connectivity index (χ4v) is 1.40. The predicted molar refractivity (Wildman–Crippen MR) is 59.3 cm³/mol. The molecule has 0 fully saturated rings. The minimum atomic E-state index is -0.546. The van der Waals surface area contributed by atoms with E-state index >= 15 is 0 Å². The normalized spacial score (nSPS) is 12.5. The number of halogens is 1. The smallest absolute Gasteiger partial charge is 0.123 e. The Hall–Kier alpha value is -1.13. The molecular weight excluding hydrogens is 195 g/mol. The van der Waals surface area contributed by atoms with E-state index in [1.54, 1.807) is 12.1 Å². The molecule has 0 spiro atoms. The molecule has 4 heteroatoms. The summed E-state index contributed by atoms with van der Waals surface area (Å²) < 4.78 is 12.7. The van der Waals surface area contributed by atoms with E-state index in [1.807, 2.05) is 11.8 Å². The Morgan fingerprint density at radius 1 is 1.40 bits per heavy atom. The van der Waals surface area contributed by atoms with Gasteiger partial charge in [-0.1, -0.05) is 0 Å². The number of aliphatic hydroxyl groups is 1. The molecule has 0 bridgehead atoms. The number of nitrogens with zero attached hydrogens (tertiary/aromatic N) is 1. The van der Waals surface area contributed by atoms with Gasteiger partial charge >= 0.3 is 0 Å². The Balaban J connectivity index is 2.69. The molecule has 1 aromatic rings. The molecule has 0 aliphatic carbocycles. The molecule has 1 atom stereocenters. The number of likely N-dealkylation sites (N-methyl/N-ethyl adjacent to an activating group) is 1. The standard InChI is InChI=1S/C11H17FN2O/c1-2-14(8-11(15)7-13)10-5-3-9(12)4-6-10/h3-6,11,15H,2,7-8,13H2,1H3. The van der Waals surface area contributed by atoms with Gasteiger partial charge in [-0.3, -0.25) is 0 Å². The minimum absolute atomic E-state index is 0.234. The average molecular weight is 212 g/mol. The van der Waals surface area contributed by atoms with E-state index < -0.39 is 6.10 Å². The van der Waals surface area contributed by atoms with Gasteiger partial charge < -0.3 is 15.7 Å². The third-order valence-electron chi connectivity index (χ3n) is 2.28. The molecule has 0 aliphatic heterocycles. The predicted octanol–water partition coefficient (Wildman–Crippen LogP) is 0.972. The Kier molecular flexibility index (Phi) is 4.52. The number of hydrogen-bond donors (Lipinski definition) is 2. The molecular formula is C11H17FN2O. The van der Waals surface area contributed by atoms with Crippen molar-refractivity contribution in [1.29, 1.82) is 0 Å². The third-order valence-corrected chi connectivity index (χ3v) is 2.28. The van der Waals surface area contributed by atoms with Gasteiger partial charge in [0.05, 0.1) is 6.10 Å². The van der Waals surface area contributed by atoms with Gasteiger partial charge in [-0.25, -0.2) is 4.39 Å². The van der Waals surface area contributed by atoms with E-state index in [4.69, 9.17) is 5.73 Å². The van der Waals surface area contributed by atoms with Crippen molar-refractivity contribution >= 4 is 5.69 Å². The highest BCUT2D eigenvalue weighted by Crippen LogP contribution is 2.14. The number of nitrogens with two attached hydrogens (primary N) is 1. The second-order valence-electron chi connectivity index (χ2n) is 3.40. The molecule has 3 N–H and O–H groups in total. The van der Waals surface area contributed by atoms with Crippen LogP contribution in [0.3, 0.4) is 0 Å². The summed E-state index contributed by atoms with van der Waals surface area (Å²) in [4.78, 5) is 1.96. The van der Waals surface area contributed by atoms with E-state index in [0.29, 0.717) is 6.54 Å². The van der Waals surface area contributed by atoms with Crippen LogP contribution in [0, 0.1) is 5.82 Å². The average Bonchev–Trinajstić information content (AvgIpc) is 2.27. The number of hydrogen-bond acceptors (Lipinski definition) is 3. The number of anilines is 1. The highest BCUT2D eigenvalue weighted by molar-refractivity contribution is 5.46. The van der Waals surface area contributed by atoms with Crippen LogP contribution in [-0.2, 0) is 0 Å². The lowest BCUT2D eigenvalue weighted by molar-refractivity contribution is 0.188. The topological polar surface area (TPSA) is 49.5 Å². The summed E-state index contributed by atoms with van der Waals surface area (Å²) in [6.45, 7) is 3.44. The van der Waals surface area contributed by atoms with E-state index in [0.717, 1.165) is 12.2 Å². The van der Waals surface area contributed by atoms with Gasteiger partial charge in [0.15, 0.2) is 0 Å². The van der Waals surface area contributed by atoms with Crippen LogP contribution >= 0.6 is 0 Å². The van der Waals surface area contributed by atoms with Crippen molar-refractivity contribution in [2.24, 2.45) is 5.73 Å². The van der Waals surface area contributed by atoms with Gasteiger partial charge in [-0.2, -0.15) is 0 Å². The van der Waals surface area contributed by atoms with Gasteiger partial charge in [-0.15, -0.1) is 0 Å². The van der Waals surface area contributed by atoms with Crippen LogP contribution in [0.4, 0.5) is 10.1 Å². The van der Waals surface area contributed by atoms with Gasteiger partial charge in [-0.05, 0) is 31.2 Å². The fourth-order valence-electron chi connectivity index (χ4n) is 1.40. The van der Waals surface area contributed by atoms with E-state index in [2.05, 4.69) is 0 Å². The molecule has 3 nitrogen and oxygen atoms in total. The molecule has 0 amide bonds. The molecule has 0 aliphatic rings. The maximum Gasteiger partial charge on any atom is 0.123 e. The van der Waals surface area contributed by atoms with Crippen LogP contribution < -0.4 is 10.6 Å². The van der Waals surface area contributed by atoms with Gasteiger partial charge in [0.25, 0.3) is 0 Å². The molecule has 0 heterocycles. The van der Waals surface area contributed by atoms with Crippen LogP contribution in [0.1, 0.15) is 6.92 Å². The Morgan fingerprint density at radius 2 is 2.00 bits per heavy atom. The molecule has 1 rings (SSSR count). The van der Waals surface area contributed by atoms with E-state index in [-0.39, 0.29) is 12.4 Å². The first kappa shape index (κ1) is 11.9. The zero-order chi connectivity index (χ0) is 11.3. The summed E-state index contributed by atoms with van der Waals surface area (Å²) >= 11 is 0. The second kappa shape index (κ2) is 5.68. The highest BCUT2D eigenvalue weighted by atomic mass is 19.1. The first-order valence-electron chi connectivity index (χ1n) is 5.06. The summed E-state index contributed by atoms with van der Waals surface area (Å²) in [5, 5.41) is 9.43. The lowest BCUT2D eigenvalue weighted by Crippen LogP contribution is -2.36. The van der Waals surface area contributed by atoms with Crippen LogP contribution in [-0.4, -0.2) is 30.8 Å². The van der Waals surface area contributed by atoms with Crippen LogP contribution in [0.15, 0.2) is 24.3 Å². The van der Waals surface area contributed by atoms with Gasteiger partial charge in [0, 0.05) is 25.3 Å². The van der Waals surface area contributed by atoms with Crippen molar-refractivity contribution in [3.63, 3.8) is 0 Å². The summed E-state index contributed by atoms with van der Waals surface area (Å²) in [6.07, 6.45) is -0.546. The summed E-state index contributed by atoms with van der Waals surface area (Å²) in [5.74, 6) is -0.255. The summed E-state index contributed by atoms with van der Waals surface area (Å²) in [5.41, 5.74) is 6.24. The molecule has 84 valence electrons. The number of rotatable bonds is 5. The molecule has 0 saturated heterocycles. The molecule has 1 unspecified atom stereocenters. The van der Waals surface area contributed by atoms with Crippen LogP contribution in [0.5, 0.6) is 0 Å². The van der Waals surface area contributed by atoms with Crippen molar-refractivity contribution < 1.29 is 9.50 Å². The molecule has 0 radical (unpaired) electrons. The monoisotopic (exact) mass is 212 g/mol. The lowest BCUT2D eigenvalue weighted by Gasteiger charge is -2.25. The summed E-state index contributed by atoms with van der Waals surface area (Å²) in [7, 11) is 0. The van der Waals surface area contributed by atoms with Crippen LogP contribution in [0.25, 0.3) is 0 Å². The van der Waals surface area contributed by atoms with E-state index in [1.165, 1.54) is 12.1 Å². The second-order valence-corrected chi connectivity index (χ2v) is 3.40. The van der Waals surface area contributed by atoms with Crippen molar-refractivity contribution in [2.75, 3.05) is 24.5 Å². The SMILES string of the molecule is CCN(CC(O)CN)c1ccc(F)cc1. The van der Waals surface area contributed by atoms with Gasteiger partial charge in [0.2, 0.25) is 0 Å². The maximum absolute atomic E-state index is 12.7.